The van der Waals surface area contributed by atoms with E-state index in [0.717, 1.165) is 6.42 Å². The number of aromatic amines is 1. The van der Waals surface area contributed by atoms with Crippen LogP contribution in [0, 0.1) is 26.6 Å². The van der Waals surface area contributed by atoms with Crippen molar-refractivity contribution in [1.29, 1.82) is 0 Å². The predicted molar refractivity (Wildman–Crippen MR) is 103 cm³/mol. The van der Waals surface area contributed by atoms with Gasteiger partial charge in [0.1, 0.15) is 10.7 Å². The second kappa shape index (κ2) is 7.34. The van der Waals surface area contributed by atoms with Gasteiger partial charge in [-0.3, -0.25) is 5.10 Å². The maximum Gasteiger partial charge on any atom is 0.246 e. The lowest BCUT2D eigenvalue weighted by Gasteiger charge is -2.30. The molecule has 4 rings (SSSR count). The van der Waals surface area contributed by atoms with E-state index in [0.29, 0.717) is 47.2 Å². The van der Waals surface area contributed by atoms with Crippen molar-refractivity contribution in [1.82, 2.24) is 24.6 Å². The summed E-state index contributed by atoms with van der Waals surface area (Å²) in [6.45, 7) is 5.71. The van der Waals surface area contributed by atoms with E-state index >= 15 is 0 Å². The van der Waals surface area contributed by atoms with E-state index in [-0.39, 0.29) is 23.2 Å². The van der Waals surface area contributed by atoms with Crippen molar-refractivity contribution in [2.75, 3.05) is 13.1 Å². The largest absolute Gasteiger partial charge is 0.339 e. The van der Waals surface area contributed by atoms with Crippen molar-refractivity contribution in [2.24, 2.45) is 0 Å². The molecule has 1 aliphatic rings. The van der Waals surface area contributed by atoms with Gasteiger partial charge in [0.25, 0.3) is 0 Å². The zero-order chi connectivity index (χ0) is 20.8. The van der Waals surface area contributed by atoms with Crippen LogP contribution in [0.2, 0.25) is 0 Å². The highest BCUT2D eigenvalue weighted by Crippen LogP contribution is 2.32. The standard InChI is InChI=1S/C19H22FN5O3S/c1-11-6-7-14(9-16(11)20)18-21-19(28-24-18)15-5-4-8-25(10-15)29(26,27)17-12(2)22-23-13(17)3/h6-7,9,15H,4-5,8,10H2,1-3H3,(H,22,23). The first-order chi connectivity index (χ1) is 13.8. The summed E-state index contributed by atoms with van der Waals surface area (Å²) in [6.07, 6.45) is 1.41. The number of aromatic nitrogens is 4. The summed E-state index contributed by atoms with van der Waals surface area (Å²) in [7, 11) is -3.68. The molecule has 3 aromatic rings. The molecule has 10 heteroatoms. The molecule has 0 bridgehead atoms. The van der Waals surface area contributed by atoms with Crippen LogP contribution in [0.15, 0.2) is 27.6 Å². The summed E-state index contributed by atoms with van der Waals surface area (Å²) in [5.41, 5.74) is 2.03. The van der Waals surface area contributed by atoms with Crippen LogP contribution in [0.1, 0.15) is 41.6 Å². The highest BCUT2D eigenvalue weighted by molar-refractivity contribution is 7.89. The minimum atomic E-state index is -3.68. The van der Waals surface area contributed by atoms with E-state index in [1.54, 1.807) is 32.9 Å². The van der Waals surface area contributed by atoms with Crippen molar-refractivity contribution >= 4 is 10.0 Å². The third-order valence-electron chi connectivity index (χ3n) is 5.26. The minimum absolute atomic E-state index is 0.220. The molecule has 1 fully saturated rings. The fraction of sp³-hybridized carbons (Fsp3) is 0.421. The lowest BCUT2D eigenvalue weighted by atomic mass is 10.00. The summed E-state index contributed by atoms with van der Waals surface area (Å²) in [5.74, 6) is 0.0964. The van der Waals surface area contributed by atoms with E-state index < -0.39 is 10.0 Å². The second-order valence-electron chi connectivity index (χ2n) is 7.39. The Morgan fingerprint density at radius 2 is 2.07 bits per heavy atom. The number of rotatable bonds is 4. The van der Waals surface area contributed by atoms with Crippen LogP contribution in [0.3, 0.4) is 0 Å². The van der Waals surface area contributed by atoms with Crippen molar-refractivity contribution in [2.45, 2.75) is 44.4 Å². The highest BCUT2D eigenvalue weighted by atomic mass is 32.2. The number of nitrogens with zero attached hydrogens (tertiary/aromatic N) is 4. The number of sulfonamides is 1. The molecule has 1 saturated heterocycles. The monoisotopic (exact) mass is 419 g/mol. The molecule has 154 valence electrons. The van der Waals surface area contributed by atoms with Crippen LogP contribution < -0.4 is 0 Å². The van der Waals surface area contributed by atoms with Gasteiger partial charge in [-0.05, 0) is 45.2 Å². The zero-order valence-corrected chi connectivity index (χ0v) is 17.3. The Hall–Kier alpha value is -2.59. The molecular weight excluding hydrogens is 397 g/mol. The average Bonchev–Trinajstić information content (AvgIpc) is 3.31. The van der Waals surface area contributed by atoms with Crippen molar-refractivity contribution < 1.29 is 17.3 Å². The van der Waals surface area contributed by atoms with E-state index in [1.165, 1.54) is 10.4 Å². The van der Waals surface area contributed by atoms with Gasteiger partial charge < -0.3 is 4.52 Å². The molecule has 1 N–H and O–H groups in total. The van der Waals surface area contributed by atoms with Gasteiger partial charge in [0.2, 0.25) is 21.7 Å². The third kappa shape index (κ3) is 3.58. The van der Waals surface area contributed by atoms with Crippen LogP contribution in [-0.2, 0) is 10.0 Å². The smallest absolute Gasteiger partial charge is 0.246 e. The summed E-state index contributed by atoms with van der Waals surface area (Å²) in [5, 5.41) is 10.7. The van der Waals surface area contributed by atoms with Crippen molar-refractivity contribution in [3.8, 4) is 11.4 Å². The minimum Gasteiger partial charge on any atom is -0.339 e. The fourth-order valence-electron chi connectivity index (χ4n) is 3.66. The molecule has 3 heterocycles. The molecule has 29 heavy (non-hydrogen) atoms. The number of benzene rings is 1. The highest BCUT2D eigenvalue weighted by Gasteiger charge is 2.35. The van der Waals surface area contributed by atoms with Crippen LogP contribution in [-0.4, -0.2) is 46.2 Å². The lowest BCUT2D eigenvalue weighted by molar-refractivity contribution is 0.265. The molecule has 1 atom stereocenters. The van der Waals surface area contributed by atoms with Crippen LogP contribution in [0.25, 0.3) is 11.4 Å². The maximum absolute atomic E-state index is 13.8. The molecular formula is C19H22FN5O3S. The molecule has 0 spiro atoms. The first kappa shape index (κ1) is 19.7. The SMILES string of the molecule is Cc1ccc(-c2noc(C3CCCN(S(=O)(=O)c4c(C)n[nH]c4C)C3)n2)cc1F. The Labute approximate surface area is 168 Å². The quantitative estimate of drug-likeness (QED) is 0.697. The van der Waals surface area contributed by atoms with E-state index in [4.69, 9.17) is 4.52 Å². The number of hydrogen-bond acceptors (Lipinski definition) is 6. The first-order valence-corrected chi connectivity index (χ1v) is 10.8. The molecule has 0 amide bonds. The Kier molecular flexibility index (Phi) is 4.99. The molecule has 1 aromatic carbocycles. The Morgan fingerprint density at radius 3 is 2.76 bits per heavy atom. The van der Waals surface area contributed by atoms with Gasteiger partial charge in [-0.2, -0.15) is 14.4 Å². The summed E-state index contributed by atoms with van der Waals surface area (Å²) < 4.78 is 46.9. The van der Waals surface area contributed by atoms with Gasteiger partial charge in [-0.15, -0.1) is 0 Å². The van der Waals surface area contributed by atoms with E-state index in [2.05, 4.69) is 20.3 Å². The van der Waals surface area contributed by atoms with Gasteiger partial charge in [-0.1, -0.05) is 17.3 Å². The number of aryl methyl sites for hydroxylation is 3. The third-order valence-corrected chi connectivity index (χ3v) is 7.39. The fourth-order valence-corrected chi connectivity index (χ4v) is 5.52. The molecule has 2 aromatic heterocycles. The van der Waals surface area contributed by atoms with Gasteiger partial charge >= 0.3 is 0 Å². The van der Waals surface area contributed by atoms with Gasteiger partial charge in [0.15, 0.2) is 0 Å². The summed E-state index contributed by atoms with van der Waals surface area (Å²) in [6, 6.07) is 4.76. The van der Waals surface area contributed by atoms with Crippen LogP contribution >= 0.6 is 0 Å². The van der Waals surface area contributed by atoms with Crippen LogP contribution in [0.4, 0.5) is 4.39 Å². The van der Waals surface area contributed by atoms with E-state index in [1.807, 2.05) is 0 Å². The van der Waals surface area contributed by atoms with E-state index in [9.17, 15) is 12.8 Å². The summed E-state index contributed by atoms with van der Waals surface area (Å²) in [4.78, 5) is 4.63. The molecule has 0 saturated carbocycles. The molecule has 8 nitrogen and oxygen atoms in total. The number of nitrogens with one attached hydrogen (secondary N) is 1. The Bertz CT molecular complexity index is 1140. The zero-order valence-electron chi connectivity index (χ0n) is 16.4. The van der Waals surface area contributed by atoms with Gasteiger partial charge in [-0.25, -0.2) is 12.8 Å². The number of piperidine rings is 1. The number of hydrogen-bond donors (Lipinski definition) is 1. The van der Waals surface area contributed by atoms with Gasteiger partial charge in [0.05, 0.1) is 17.3 Å². The topological polar surface area (TPSA) is 105 Å². The predicted octanol–water partition coefficient (Wildman–Crippen LogP) is 3.09. The molecule has 1 aliphatic heterocycles. The van der Waals surface area contributed by atoms with Gasteiger partial charge in [0, 0.05) is 18.7 Å². The normalized spacial score (nSPS) is 18.3. The van der Waals surface area contributed by atoms with Crippen molar-refractivity contribution in [3.05, 3.63) is 46.9 Å². The lowest BCUT2D eigenvalue weighted by Crippen LogP contribution is -2.39. The molecule has 0 aliphatic carbocycles. The average molecular weight is 419 g/mol. The maximum atomic E-state index is 13.8. The number of halogens is 1. The van der Waals surface area contributed by atoms with Crippen molar-refractivity contribution in [3.63, 3.8) is 0 Å². The summed E-state index contributed by atoms with van der Waals surface area (Å²) >= 11 is 0. The number of H-pyrrole nitrogens is 1. The first-order valence-electron chi connectivity index (χ1n) is 9.39. The second-order valence-corrected chi connectivity index (χ2v) is 9.26. The Morgan fingerprint density at radius 1 is 1.28 bits per heavy atom. The molecule has 1 unspecified atom stereocenters. The van der Waals surface area contributed by atoms with Crippen LogP contribution in [0.5, 0.6) is 0 Å². The Balaban J connectivity index is 1.58. The molecule has 0 radical (unpaired) electrons.